The number of carbonyl (C=O) groups is 2. The minimum Gasteiger partial charge on any atom is -0.496 e. The molecule has 2 heterocycles. The van der Waals surface area contributed by atoms with Gasteiger partial charge in [-0.15, -0.1) is 0 Å². The number of piperidine rings is 1. The Kier molecular flexibility index (Phi) is 7.63. The number of rotatable bonds is 7. The highest BCUT2D eigenvalue weighted by molar-refractivity contribution is 5.96. The number of anilines is 1. The van der Waals surface area contributed by atoms with Gasteiger partial charge in [0, 0.05) is 36.0 Å². The van der Waals surface area contributed by atoms with Gasteiger partial charge in [0.05, 0.1) is 18.7 Å². The minimum atomic E-state index is -0.131. The first-order valence-corrected chi connectivity index (χ1v) is 13.5. The third-order valence-electron chi connectivity index (χ3n) is 8.07. The molecule has 1 aliphatic carbocycles. The number of hydrogen-bond acceptors (Lipinski definition) is 5. The molecule has 1 saturated carbocycles. The maximum absolute atomic E-state index is 13.1. The number of fused-ring (bicyclic) bond motifs is 1. The number of pyridine rings is 1. The number of carbonyl (C=O) groups excluding carboxylic acids is 2. The van der Waals surface area contributed by atoms with E-state index in [2.05, 4.69) is 15.5 Å². The van der Waals surface area contributed by atoms with Crippen LogP contribution in [0.1, 0.15) is 70.5 Å². The van der Waals surface area contributed by atoms with Crippen molar-refractivity contribution in [2.24, 2.45) is 5.92 Å². The van der Waals surface area contributed by atoms with Crippen molar-refractivity contribution in [1.29, 1.82) is 0 Å². The van der Waals surface area contributed by atoms with Crippen LogP contribution in [0.5, 0.6) is 5.75 Å². The minimum absolute atomic E-state index is 0.0465. The summed E-state index contributed by atoms with van der Waals surface area (Å²) in [6, 6.07) is 19.7. The molecule has 2 N–H and O–H groups in total. The van der Waals surface area contributed by atoms with Gasteiger partial charge >= 0.3 is 0 Å². The first kappa shape index (κ1) is 25.8. The van der Waals surface area contributed by atoms with Gasteiger partial charge in [0.1, 0.15) is 11.6 Å². The molecule has 1 saturated heterocycles. The van der Waals surface area contributed by atoms with E-state index in [1.807, 2.05) is 74.5 Å². The van der Waals surface area contributed by atoms with E-state index < -0.39 is 0 Å². The van der Waals surface area contributed by atoms with E-state index in [9.17, 15) is 9.59 Å². The number of nitrogens with zero attached hydrogens (tertiary/aromatic N) is 2. The van der Waals surface area contributed by atoms with Crippen LogP contribution in [0, 0.1) is 12.8 Å². The van der Waals surface area contributed by atoms with E-state index in [0.717, 1.165) is 54.9 Å². The molecule has 2 aliphatic rings. The molecule has 0 radical (unpaired) electrons. The lowest BCUT2D eigenvalue weighted by atomic mass is 9.92. The van der Waals surface area contributed by atoms with Gasteiger partial charge < -0.3 is 20.3 Å². The summed E-state index contributed by atoms with van der Waals surface area (Å²) in [6.07, 6.45) is 5.77. The van der Waals surface area contributed by atoms with E-state index in [0.29, 0.717) is 23.1 Å². The Hall–Kier alpha value is -3.87. The zero-order valence-electron chi connectivity index (χ0n) is 22.3. The Balaban J connectivity index is 1.23. The molecule has 0 bridgehead atoms. The van der Waals surface area contributed by atoms with Gasteiger partial charge in [-0.2, -0.15) is 0 Å². The smallest absolute Gasteiger partial charge is 0.253 e. The van der Waals surface area contributed by atoms with E-state index in [-0.39, 0.29) is 23.9 Å². The molecule has 3 unspecified atom stereocenters. The molecule has 1 aromatic heterocycles. The predicted molar refractivity (Wildman–Crippen MR) is 149 cm³/mol. The second kappa shape index (κ2) is 11.3. The normalized spacial score (nSPS) is 21.3. The average Bonchev–Trinajstić information content (AvgIpc) is 3.36. The highest BCUT2D eigenvalue weighted by atomic mass is 16.5. The lowest BCUT2D eigenvalue weighted by molar-refractivity contribution is 0.0929. The monoisotopic (exact) mass is 512 g/mol. The van der Waals surface area contributed by atoms with Gasteiger partial charge in [0.25, 0.3) is 11.8 Å². The molecule has 4 atom stereocenters. The zero-order valence-corrected chi connectivity index (χ0v) is 22.3. The maximum atomic E-state index is 13.1. The number of nitrogens with one attached hydrogen (secondary N) is 2. The molecule has 198 valence electrons. The molecular formula is C31H36N4O3. The van der Waals surface area contributed by atoms with Crippen LogP contribution in [0.3, 0.4) is 0 Å². The number of benzene rings is 2. The van der Waals surface area contributed by atoms with Gasteiger partial charge in [0.2, 0.25) is 0 Å². The van der Waals surface area contributed by atoms with Crippen molar-refractivity contribution in [1.82, 2.24) is 15.6 Å². The second-order valence-corrected chi connectivity index (χ2v) is 10.4. The van der Waals surface area contributed by atoms with E-state index in [4.69, 9.17) is 9.72 Å². The van der Waals surface area contributed by atoms with E-state index in [1.54, 1.807) is 13.3 Å². The summed E-state index contributed by atoms with van der Waals surface area (Å²) in [5, 5.41) is 6.33. The lowest BCUT2D eigenvalue weighted by Gasteiger charge is -2.38. The van der Waals surface area contributed by atoms with Gasteiger partial charge in [-0.1, -0.05) is 36.4 Å². The van der Waals surface area contributed by atoms with Crippen LogP contribution in [0.15, 0.2) is 66.9 Å². The van der Waals surface area contributed by atoms with Crippen molar-refractivity contribution in [3.63, 3.8) is 0 Å². The van der Waals surface area contributed by atoms with Crippen LogP contribution in [0.25, 0.3) is 0 Å². The molecule has 1 aliphatic heterocycles. The fraction of sp³-hybridized carbons (Fsp3) is 0.387. The molecule has 3 aromatic rings. The Bertz CT molecular complexity index is 1280. The standard InChI is InChI=1S/C31H36N4O3/c1-20-26(12-7-13-28(20)38-3)31(37)34-25-17-23-11-8-16-35(27(23)18-25)29-15-14-24(19-32-29)30(36)33-21(2)22-9-5-4-6-10-22/h4-7,9-10,12-15,19,21,23,25,27H,8,11,16-18H2,1-3H3,(H,33,36)(H,34,37)/t21-,23?,25?,27?/m0/s1. The molecule has 2 fully saturated rings. The summed E-state index contributed by atoms with van der Waals surface area (Å²) in [5.74, 6) is 1.95. The Morgan fingerprint density at radius 2 is 1.84 bits per heavy atom. The molecular weight excluding hydrogens is 476 g/mol. The van der Waals surface area contributed by atoms with Crippen LogP contribution in [-0.4, -0.2) is 42.5 Å². The molecule has 38 heavy (non-hydrogen) atoms. The summed E-state index contributed by atoms with van der Waals surface area (Å²) >= 11 is 0. The summed E-state index contributed by atoms with van der Waals surface area (Å²) in [4.78, 5) is 33.0. The summed E-state index contributed by atoms with van der Waals surface area (Å²) in [6.45, 7) is 4.83. The zero-order chi connectivity index (χ0) is 26.6. The summed E-state index contributed by atoms with van der Waals surface area (Å²) < 4.78 is 5.39. The summed E-state index contributed by atoms with van der Waals surface area (Å²) in [5.41, 5.74) is 3.13. The third kappa shape index (κ3) is 5.37. The van der Waals surface area contributed by atoms with E-state index in [1.165, 1.54) is 0 Å². The molecule has 0 spiro atoms. The average molecular weight is 513 g/mol. The van der Waals surface area contributed by atoms with Gasteiger partial charge in [-0.25, -0.2) is 4.98 Å². The van der Waals surface area contributed by atoms with Gasteiger partial charge in [-0.05, 0) is 75.3 Å². The maximum Gasteiger partial charge on any atom is 0.253 e. The number of amides is 2. The van der Waals surface area contributed by atoms with Crippen molar-refractivity contribution in [2.45, 2.75) is 57.7 Å². The van der Waals surface area contributed by atoms with Crippen molar-refractivity contribution < 1.29 is 14.3 Å². The molecule has 7 nitrogen and oxygen atoms in total. The Morgan fingerprint density at radius 1 is 1.03 bits per heavy atom. The highest BCUT2D eigenvalue weighted by Gasteiger charge is 2.41. The van der Waals surface area contributed by atoms with Crippen molar-refractivity contribution in [2.75, 3.05) is 18.6 Å². The van der Waals surface area contributed by atoms with Crippen molar-refractivity contribution in [3.8, 4) is 5.75 Å². The largest absolute Gasteiger partial charge is 0.496 e. The first-order chi connectivity index (χ1) is 18.4. The number of methoxy groups -OCH3 is 1. The quantitative estimate of drug-likeness (QED) is 0.462. The van der Waals surface area contributed by atoms with Crippen LogP contribution in [0.4, 0.5) is 5.82 Å². The van der Waals surface area contributed by atoms with Crippen LogP contribution < -0.4 is 20.3 Å². The number of ether oxygens (including phenoxy) is 1. The lowest BCUT2D eigenvalue weighted by Crippen LogP contribution is -2.43. The molecule has 7 heteroatoms. The highest BCUT2D eigenvalue weighted by Crippen LogP contribution is 2.39. The Morgan fingerprint density at radius 3 is 2.58 bits per heavy atom. The number of hydrogen-bond donors (Lipinski definition) is 2. The van der Waals surface area contributed by atoms with Crippen molar-refractivity contribution >= 4 is 17.6 Å². The van der Waals surface area contributed by atoms with E-state index >= 15 is 0 Å². The van der Waals surface area contributed by atoms with Crippen LogP contribution in [0.2, 0.25) is 0 Å². The number of aromatic nitrogens is 1. The molecule has 2 aromatic carbocycles. The topological polar surface area (TPSA) is 83.6 Å². The fourth-order valence-corrected chi connectivity index (χ4v) is 6.03. The second-order valence-electron chi connectivity index (χ2n) is 10.4. The van der Waals surface area contributed by atoms with Crippen molar-refractivity contribution in [3.05, 3.63) is 89.1 Å². The Labute approximate surface area is 224 Å². The SMILES string of the molecule is COc1cccc(C(=O)NC2CC3CCCN(c4ccc(C(=O)N[C@@H](C)c5ccccc5)cn4)C3C2)c1C. The molecule has 2 amide bonds. The summed E-state index contributed by atoms with van der Waals surface area (Å²) in [7, 11) is 1.62. The van der Waals surface area contributed by atoms with Crippen LogP contribution >= 0.6 is 0 Å². The predicted octanol–water partition coefficient (Wildman–Crippen LogP) is 5.07. The van der Waals surface area contributed by atoms with Crippen LogP contribution in [-0.2, 0) is 0 Å². The molecule has 5 rings (SSSR count). The fourth-order valence-electron chi connectivity index (χ4n) is 6.03. The third-order valence-corrected chi connectivity index (χ3v) is 8.07. The first-order valence-electron chi connectivity index (χ1n) is 13.5. The van der Waals surface area contributed by atoms with Gasteiger partial charge in [0.15, 0.2) is 0 Å². The van der Waals surface area contributed by atoms with Gasteiger partial charge in [-0.3, -0.25) is 9.59 Å².